The third-order valence-corrected chi connectivity index (χ3v) is 4.15. The van der Waals surface area contributed by atoms with E-state index in [1.807, 2.05) is 4.90 Å². The van der Waals surface area contributed by atoms with Crippen LogP contribution < -0.4 is 5.32 Å². The SMILES string of the molecule is CCCNC1CCN(C(=O)c2cncc(F)c2)CC1CC. The number of halogens is 1. The molecule has 1 aliphatic rings. The molecule has 0 aromatic carbocycles. The minimum Gasteiger partial charge on any atom is -0.338 e. The van der Waals surface area contributed by atoms with Crippen LogP contribution in [0.5, 0.6) is 0 Å². The van der Waals surface area contributed by atoms with Crippen LogP contribution in [0.25, 0.3) is 0 Å². The number of carbonyl (C=O) groups excluding carboxylic acids is 1. The Morgan fingerprint density at radius 2 is 2.29 bits per heavy atom. The Hall–Kier alpha value is -1.49. The summed E-state index contributed by atoms with van der Waals surface area (Å²) < 4.78 is 13.2. The van der Waals surface area contributed by atoms with Gasteiger partial charge >= 0.3 is 0 Å². The van der Waals surface area contributed by atoms with Gasteiger partial charge in [-0.25, -0.2) is 4.39 Å². The highest BCUT2D eigenvalue weighted by Gasteiger charge is 2.30. The van der Waals surface area contributed by atoms with E-state index in [1.165, 1.54) is 12.3 Å². The molecule has 2 rings (SSSR count). The van der Waals surface area contributed by atoms with Gasteiger partial charge in [0.2, 0.25) is 0 Å². The van der Waals surface area contributed by atoms with E-state index in [-0.39, 0.29) is 5.91 Å². The molecule has 0 aliphatic carbocycles. The molecule has 116 valence electrons. The van der Waals surface area contributed by atoms with Crippen LogP contribution >= 0.6 is 0 Å². The Bertz CT molecular complexity index is 480. The predicted molar refractivity (Wildman–Crippen MR) is 80.6 cm³/mol. The van der Waals surface area contributed by atoms with Gasteiger partial charge in [-0.2, -0.15) is 0 Å². The van der Waals surface area contributed by atoms with Crippen LogP contribution in [0.3, 0.4) is 0 Å². The van der Waals surface area contributed by atoms with Gasteiger partial charge in [0.1, 0.15) is 5.82 Å². The van der Waals surface area contributed by atoms with Crippen LogP contribution in [-0.2, 0) is 0 Å². The van der Waals surface area contributed by atoms with Gasteiger partial charge in [-0.1, -0.05) is 20.3 Å². The second-order valence-electron chi connectivity index (χ2n) is 5.66. The minimum absolute atomic E-state index is 0.116. The number of amides is 1. The van der Waals surface area contributed by atoms with E-state index in [9.17, 15) is 9.18 Å². The van der Waals surface area contributed by atoms with E-state index >= 15 is 0 Å². The average molecular weight is 293 g/mol. The standard InChI is InChI=1S/C16H24FN3O/c1-3-6-19-15-5-7-20(11-12(15)4-2)16(21)13-8-14(17)10-18-9-13/h8-10,12,15,19H,3-7,11H2,1-2H3. The molecule has 2 atom stereocenters. The average Bonchev–Trinajstić information content (AvgIpc) is 2.52. The molecule has 2 unspecified atom stereocenters. The van der Waals surface area contributed by atoms with Gasteiger partial charge in [0, 0.05) is 25.3 Å². The van der Waals surface area contributed by atoms with Gasteiger partial charge < -0.3 is 10.2 Å². The van der Waals surface area contributed by atoms with Gasteiger partial charge in [0.25, 0.3) is 5.91 Å². The number of hydrogen-bond donors (Lipinski definition) is 1. The number of aromatic nitrogens is 1. The maximum atomic E-state index is 13.2. The first kappa shape index (κ1) is 15.9. The monoisotopic (exact) mass is 293 g/mol. The normalized spacial score (nSPS) is 22.3. The molecule has 1 amide bonds. The Morgan fingerprint density at radius 1 is 1.48 bits per heavy atom. The Balaban J connectivity index is 2.01. The number of piperidine rings is 1. The first-order valence-electron chi connectivity index (χ1n) is 7.78. The van der Waals surface area contributed by atoms with Crippen molar-refractivity contribution in [2.75, 3.05) is 19.6 Å². The summed E-state index contributed by atoms with van der Waals surface area (Å²) in [6.07, 6.45) is 5.66. The fraction of sp³-hybridized carbons (Fsp3) is 0.625. The lowest BCUT2D eigenvalue weighted by Gasteiger charge is -2.38. The molecular formula is C16H24FN3O. The fourth-order valence-electron chi connectivity index (χ4n) is 2.94. The predicted octanol–water partition coefficient (Wildman–Crippen LogP) is 2.46. The van der Waals surface area contributed by atoms with Crippen molar-refractivity contribution in [1.29, 1.82) is 0 Å². The first-order valence-corrected chi connectivity index (χ1v) is 7.78. The molecular weight excluding hydrogens is 269 g/mol. The van der Waals surface area contributed by atoms with Gasteiger partial charge in [0.05, 0.1) is 11.8 Å². The largest absolute Gasteiger partial charge is 0.338 e. The van der Waals surface area contributed by atoms with Crippen molar-refractivity contribution >= 4 is 5.91 Å². The second kappa shape index (κ2) is 7.50. The van der Waals surface area contributed by atoms with Crippen LogP contribution in [0.15, 0.2) is 18.5 Å². The quantitative estimate of drug-likeness (QED) is 0.907. The third kappa shape index (κ3) is 4.00. The molecule has 1 N–H and O–H groups in total. The summed E-state index contributed by atoms with van der Waals surface area (Å²) >= 11 is 0. The van der Waals surface area contributed by atoms with E-state index in [1.54, 1.807) is 0 Å². The van der Waals surface area contributed by atoms with Crippen LogP contribution in [0.4, 0.5) is 4.39 Å². The van der Waals surface area contributed by atoms with E-state index < -0.39 is 5.82 Å². The molecule has 1 saturated heterocycles. The minimum atomic E-state index is -0.465. The zero-order valence-corrected chi connectivity index (χ0v) is 12.8. The number of nitrogens with zero attached hydrogens (tertiary/aromatic N) is 2. The number of pyridine rings is 1. The lowest BCUT2D eigenvalue weighted by atomic mass is 9.89. The lowest BCUT2D eigenvalue weighted by molar-refractivity contribution is 0.0626. The van der Waals surface area contributed by atoms with Crippen LogP contribution in [0, 0.1) is 11.7 Å². The van der Waals surface area contributed by atoms with Crippen molar-refractivity contribution in [1.82, 2.24) is 15.2 Å². The van der Waals surface area contributed by atoms with Crippen molar-refractivity contribution in [2.45, 2.75) is 39.2 Å². The third-order valence-electron chi connectivity index (χ3n) is 4.15. The molecule has 0 spiro atoms. The maximum absolute atomic E-state index is 13.2. The molecule has 1 aliphatic heterocycles. The van der Waals surface area contributed by atoms with Crippen molar-refractivity contribution in [3.05, 3.63) is 29.8 Å². The van der Waals surface area contributed by atoms with Gasteiger partial charge in [0.15, 0.2) is 0 Å². The Labute approximate surface area is 125 Å². The van der Waals surface area contributed by atoms with Crippen molar-refractivity contribution in [2.24, 2.45) is 5.92 Å². The molecule has 4 nitrogen and oxygen atoms in total. The molecule has 0 saturated carbocycles. The first-order chi connectivity index (χ1) is 10.2. The molecule has 1 aromatic heterocycles. The smallest absolute Gasteiger partial charge is 0.255 e. The number of hydrogen-bond acceptors (Lipinski definition) is 3. The molecule has 0 bridgehead atoms. The highest BCUT2D eigenvalue weighted by Crippen LogP contribution is 2.22. The van der Waals surface area contributed by atoms with E-state index in [0.29, 0.717) is 24.1 Å². The molecule has 21 heavy (non-hydrogen) atoms. The van der Waals surface area contributed by atoms with Crippen molar-refractivity contribution in [3.63, 3.8) is 0 Å². The van der Waals surface area contributed by atoms with Crippen molar-refractivity contribution < 1.29 is 9.18 Å². The maximum Gasteiger partial charge on any atom is 0.255 e. The molecule has 5 heteroatoms. The zero-order valence-electron chi connectivity index (χ0n) is 12.8. The highest BCUT2D eigenvalue weighted by atomic mass is 19.1. The second-order valence-corrected chi connectivity index (χ2v) is 5.66. The summed E-state index contributed by atoms with van der Waals surface area (Å²) in [4.78, 5) is 18.0. The zero-order chi connectivity index (χ0) is 15.2. The van der Waals surface area contributed by atoms with E-state index in [2.05, 4.69) is 24.1 Å². The Morgan fingerprint density at radius 3 is 2.95 bits per heavy atom. The van der Waals surface area contributed by atoms with Crippen LogP contribution in [0.1, 0.15) is 43.5 Å². The van der Waals surface area contributed by atoms with Gasteiger partial charge in [-0.15, -0.1) is 0 Å². The van der Waals surface area contributed by atoms with E-state index in [0.717, 1.165) is 38.5 Å². The molecule has 2 heterocycles. The summed E-state index contributed by atoms with van der Waals surface area (Å²) in [5.41, 5.74) is 0.338. The summed E-state index contributed by atoms with van der Waals surface area (Å²) in [6.45, 7) is 6.77. The summed E-state index contributed by atoms with van der Waals surface area (Å²) in [6, 6.07) is 1.74. The van der Waals surface area contributed by atoms with Crippen LogP contribution in [0.2, 0.25) is 0 Å². The van der Waals surface area contributed by atoms with Gasteiger partial charge in [-0.3, -0.25) is 9.78 Å². The van der Waals surface area contributed by atoms with E-state index in [4.69, 9.17) is 0 Å². The number of likely N-dealkylation sites (tertiary alicyclic amines) is 1. The summed E-state index contributed by atoms with van der Waals surface area (Å²) in [5.74, 6) is -0.127. The molecule has 0 radical (unpaired) electrons. The Kier molecular flexibility index (Phi) is 5.67. The lowest BCUT2D eigenvalue weighted by Crippen LogP contribution is -2.51. The number of rotatable bonds is 5. The highest BCUT2D eigenvalue weighted by molar-refractivity contribution is 5.94. The topological polar surface area (TPSA) is 45.2 Å². The summed E-state index contributed by atoms with van der Waals surface area (Å²) in [7, 11) is 0. The summed E-state index contributed by atoms with van der Waals surface area (Å²) in [5, 5.41) is 3.57. The van der Waals surface area contributed by atoms with Crippen molar-refractivity contribution in [3.8, 4) is 0 Å². The van der Waals surface area contributed by atoms with Crippen LogP contribution in [-0.4, -0.2) is 41.5 Å². The fourth-order valence-corrected chi connectivity index (χ4v) is 2.94. The number of carbonyl (C=O) groups is 1. The number of nitrogens with one attached hydrogen (secondary N) is 1. The molecule has 1 fully saturated rings. The molecule has 1 aromatic rings. The van der Waals surface area contributed by atoms with Gasteiger partial charge in [-0.05, 0) is 31.4 Å².